The highest BCUT2D eigenvalue weighted by Gasteiger charge is 2.52. The van der Waals surface area contributed by atoms with Gasteiger partial charge in [-0.05, 0) is 26.7 Å². The molecule has 0 unspecified atom stereocenters. The first-order valence-electron chi connectivity index (χ1n) is 5.43. The summed E-state index contributed by atoms with van der Waals surface area (Å²) in [4.78, 5) is 25.3. The van der Waals surface area contributed by atoms with Gasteiger partial charge in [-0.25, -0.2) is 0 Å². The van der Waals surface area contributed by atoms with Gasteiger partial charge < -0.3 is 0 Å². The maximum absolute atomic E-state index is 12.1. The van der Waals surface area contributed by atoms with Crippen LogP contribution in [-0.4, -0.2) is 22.3 Å². The average Bonchev–Trinajstić information content (AvgIpc) is 2.53. The highest BCUT2D eigenvalue weighted by Crippen LogP contribution is 2.38. The van der Waals surface area contributed by atoms with E-state index in [2.05, 4.69) is 0 Å². The van der Waals surface area contributed by atoms with E-state index in [1.54, 1.807) is 13.8 Å². The molecule has 0 spiro atoms. The zero-order valence-electron chi connectivity index (χ0n) is 9.43. The molecular formula is C12H14N2O2. The summed E-state index contributed by atoms with van der Waals surface area (Å²) >= 11 is 0. The average molecular weight is 218 g/mol. The minimum atomic E-state index is -1.04. The maximum Gasteiger partial charge on any atom is 0.234 e. The molecule has 0 aromatic carbocycles. The van der Waals surface area contributed by atoms with Gasteiger partial charge in [0.15, 0.2) is 0 Å². The van der Waals surface area contributed by atoms with E-state index < -0.39 is 5.54 Å². The molecule has 1 aliphatic carbocycles. The number of imide groups is 1. The van der Waals surface area contributed by atoms with Crippen molar-refractivity contribution < 1.29 is 9.59 Å². The highest BCUT2D eigenvalue weighted by molar-refractivity contribution is 6.06. The number of nitrogens with zero attached hydrogens (tertiary/aromatic N) is 2. The highest BCUT2D eigenvalue weighted by atomic mass is 16.2. The molecule has 1 aliphatic heterocycles. The third-order valence-corrected chi connectivity index (χ3v) is 3.34. The largest absolute Gasteiger partial charge is 0.274 e. The molecule has 4 heteroatoms. The summed E-state index contributed by atoms with van der Waals surface area (Å²) in [6.45, 7) is 3.21. The first-order valence-corrected chi connectivity index (χ1v) is 5.43. The van der Waals surface area contributed by atoms with Crippen LogP contribution in [0.25, 0.3) is 0 Å². The molecule has 2 amide bonds. The SMILES string of the molecule is CC(C)(C#N)N1C(=O)[C@H]2CC=CC[C@H]2C1=O. The smallest absolute Gasteiger partial charge is 0.234 e. The van der Waals surface area contributed by atoms with Crippen molar-refractivity contribution in [1.29, 1.82) is 5.26 Å². The summed E-state index contributed by atoms with van der Waals surface area (Å²) < 4.78 is 0. The molecule has 1 fully saturated rings. The Balaban J connectivity index is 2.36. The van der Waals surface area contributed by atoms with Gasteiger partial charge in [-0.3, -0.25) is 14.5 Å². The van der Waals surface area contributed by atoms with Crippen LogP contribution in [0.2, 0.25) is 0 Å². The predicted molar refractivity (Wildman–Crippen MR) is 56.9 cm³/mol. The van der Waals surface area contributed by atoms with Crippen LogP contribution in [0, 0.1) is 23.2 Å². The summed E-state index contributed by atoms with van der Waals surface area (Å²) in [5.41, 5.74) is -1.04. The number of allylic oxidation sites excluding steroid dienone is 2. The molecule has 4 nitrogen and oxygen atoms in total. The second-order valence-electron chi connectivity index (χ2n) is 4.84. The van der Waals surface area contributed by atoms with E-state index in [0.29, 0.717) is 12.8 Å². The van der Waals surface area contributed by atoms with Crippen molar-refractivity contribution in [3.63, 3.8) is 0 Å². The molecule has 2 rings (SSSR count). The Kier molecular flexibility index (Phi) is 2.34. The fourth-order valence-electron chi connectivity index (χ4n) is 2.40. The van der Waals surface area contributed by atoms with Crippen molar-refractivity contribution in [2.45, 2.75) is 32.2 Å². The van der Waals surface area contributed by atoms with Gasteiger partial charge in [-0.1, -0.05) is 12.2 Å². The fourth-order valence-corrected chi connectivity index (χ4v) is 2.40. The molecule has 0 aromatic heterocycles. The van der Waals surface area contributed by atoms with Gasteiger partial charge in [0.05, 0.1) is 17.9 Å². The molecule has 2 atom stereocenters. The second kappa shape index (κ2) is 3.44. The number of amides is 2. The van der Waals surface area contributed by atoms with Crippen molar-refractivity contribution in [2.75, 3.05) is 0 Å². The lowest BCUT2D eigenvalue weighted by atomic mass is 9.85. The van der Waals surface area contributed by atoms with Crippen molar-refractivity contribution in [1.82, 2.24) is 4.90 Å². The van der Waals surface area contributed by atoms with Crippen molar-refractivity contribution in [3.8, 4) is 6.07 Å². The van der Waals surface area contributed by atoms with E-state index in [0.717, 1.165) is 4.90 Å². The number of hydrogen-bond acceptors (Lipinski definition) is 3. The quantitative estimate of drug-likeness (QED) is 0.491. The molecule has 2 aliphatic rings. The monoisotopic (exact) mass is 218 g/mol. The number of likely N-dealkylation sites (tertiary alicyclic amines) is 1. The van der Waals surface area contributed by atoms with Crippen LogP contribution in [0.1, 0.15) is 26.7 Å². The Morgan fingerprint density at radius 2 is 1.69 bits per heavy atom. The Morgan fingerprint density at radius 3 is 2.06 bits per heavy atom. The van der Waals surface area contributed by atoms with Gasteiger partial charge in [0, 0.05) is 0 Å². The Morgan fingerprint density at radius 1 is 1.25 bits per heavy atom. The molecule has 0 bridgehead atoms. The van der Waals surface area contributed by atoms with Crippen LogP contribution in [0.15, 0.2) is 12.2 Å². The second-order valence-corrected chi connectivity index (χ2v) is 4.84. The van der Waals surface area contributed by atoms with Gasteiger partial charge in [0.1, 0.15) is 5.54 Å². The lowest BCUT2D eigenvalue weighted by Gasteiger charge is -2.27. The summed E-state index contributed by atoms with van der Waals surface area (Å²) in [7, 11) is 0. The lowest BCUT2D eigenvalue weighted by molar-refractivity contribution is -0.144. The van der Waals surface area contributed by atoms with E-state index in [1.807, 2.05) is 18.2 Å². The van der Waals surface area contributed by atoms with Gasteiger partial charge in [0.25, 0.3) is 0 Å². The Hall–Kier alpha value is -1.63. The van der Waals surface area contributed by atoms with Crippen LogP contribution < -0.4 is 0 Å². The molecule has 16 heavy (non-hydrogen) atoms. The van der Waals surface area contributed by atoms with Gasteiger partial charge >= 0.3 is 0 Å². The number of carbonyl (C=O) groups excluding carboxylic acids is 2. The minimum absolute atomic E-state index is 0.189. The number of hydrogen-bond donors (Lipinski definition) is 0. The van der Waals surface area contributed by atoms with E-state index in [1.165, 1.54) is 0 Å². The van der Waals surface area contributed by atoms with Gasteiger partial charge in [0.2, 0.25) is 11.8 Å². The summed E-state index contributed by atoms with van der Waals surface area (Å²) in [6, 6.07) is 2.02. The van der Waals surface area contributed by atoms with E-state index in [-0.39, 0.29) is 23.7 Å². The molecule has 0 aromatic rings. The molecule has 84 valence electrons. The maximum atomic E-state index is 12.1. The van der Waals surface area contributed by atoms with E-state index in [4.69, 9.17) is 5.26 Å². The van der Waals surface area contributed by atoms with Gasteiger partial charge in [-0.15, -0.1) is 0 Å². The molecule has 1 saturated heterocycles. The van der Waals surface area contributed by atoms with Crippen LogP contribution in [0.4, 0.5) is 0 Å². The Bertz CT molecular complexity index is 391. The normalized spacial score (nSPS) is 29.2. The third kappa shape index (κ3) is 1.35. The predicted octanol–water partition coefficient (Wildman–Crippen LogP) is 1.24. The van der Waals surface area contributed by atoms with E-state index >= 15 is 0 Å². The molecule has 1 heterocycles. The van der Waals surface area contributed by atoms with Crippen LogP contribution in [0.5, 0.6) is 0 Å². The van der Waals surface area contributed by atoms with Crippen molar-refractivity contribution >= 4 is 11.8 Å². The fraction of sp³-hybridized carbons (Fsp3) is 0.583. The van der Waals surface area contributed by atoms with E-state index in [9.17, 15) is 9.59 Å². The zero-order chi connectivity index (χ0) is 11.9. The first kappa shape index (κ1) is 10.9. The van der Waals surface area contributed by atoms with Gasteiger partial charge in [-0.2, -0.15) is 5.26 Å². The number of nitriles is 1. The summed E-state index contributed by atoms with van der Waals surface area (Å²) in [6.07, 6.45) is 5.12. The molecule has 0 N–H and O–H groups in total. The summed E-state index contributed by atoms with van der Waals surface area (Å²) in [5.74, 6) is -0.868. The Labute approximate surface area is 94.5 Å². The van der Waals surface area contributed by atoms with Crippen LogP contribution >= 0.6 is 0 Å². The van der Waals surface area contributed by atoms with Crippen molar-refractivity contribution in [3.05, 3.63) is 12.2 Å². The van der Waals surface area contributed by atoms with Crippen LogP contribution in [0.3, 0.4) is 0 Å². The first-order chi connectivity index (χ1) is 7.49. The third-order valence-electron chi connectivity index (χ3n) is 3.34. The molecule has 0 radical (unpaired) electrons. The standard InChI is InChI=1S/C12H14N2O2/c1-12(2,7-13)14-10(15)8-5-3-4-6-9(8)11(14)16/h3-4,8-9H,5-6H2,1-2H3/t8-,9+. The molecular weight excluding hydrogens is 204 g/mol. The van der Waals surface area contributed by atoms with Crippen molar-refractivity contribution in [2.24, 2.45) is 11.8 Å². The zero-order valence-corrected chi connectivity index (χ0v) is 9.43. The summed E-state index contributed by atoms with van der Waals surface area (Å²) in [5, 5.41) is 9.01. The number of rotatable bonds is 1. The topological polar surface area (TPSA) is 61.2 Å². The number of fused-ring (bicyclic) bond motifs is 1. The molecule has 0 saturated carbocycles. The lowest BCUT2D eigenvalue weighted by Crippen LogP contribution is -2.47. The minimum Gasteiger partial charge on any atom is -0.274 e. The number of carbonyl (C=O) groups is 2. The van der Waals surface area contributed by atoms with Crippen LogP contribution in [-0.2, 0) is 9.59 Å².